The van der Waals surface area contributed by atoms with Gasteiger partial charge in [0.2, 0.25) is 5.28 Å². The average molecular weight is 358 g/mol. The molecular weight excluding hydrogens is 342 g/mol. The number of benzene rings is 3. The molecule has 3 nitrogen and oxygen atoms in total. The lowest BCUT2D eigenvalue weighted by Crippen LogP contribution is -1.96. The van der Waals surface area contributed by atoms with Crippen molar-refractivity contribution >= 4 is 11.6 Å². The van der Waals surface area contributed by atoms with Gasteiger partial charge in [-0.05, 0) is 46.8 Å². The normalized spacial score (nSPS) is 10.7. The van der Waals surface area contributed by atoms with Crippen LogP contribution in [0.3, 0.4) is 0 Å². The zero-order valence-electron chi connectivity index (χ0n) is 14.2. The summed E-state index contributed by atoms with van der Waals surface area (Å²) in [5.74, 6) is 1.20. The van der Waals surface area contributed by atoms with Crippen LogP contribution in [0.25, 0.3) is 33.6 Å². The highest BCUT2D eigenvalue weighted by atomic mass is 35.5. The molecule has 0 saturated carbocycles. The molecule has 4 heteroatoms. The third kappa shape index (κ3) is 3.48. The SMILES string of the molecule is Cc1nc(Cl)nc(-c2ccc(-c3cccc(-c4ccccc4)c3)cc2)n1. The zero-order chi connectivity index (χ0) is 17.9. The largest absolute Gasteiger partial charge is 0.226 e. The van der Waals surface area contributed by atoms with E-state index in [-0.39, 0.29) is 5.28 Å². The topological polar surface area (TPSA) is 38.7 Å². The molecule has 26 heavy (non-hydrogen) atoms. The lowest BCUT2D eigenvalue weighted by atomic mass is 9.98. The van der Waals surface area contributed by atoms with Crippen LogP contribution in [0.4, 0.5) is 0 Å². The van der Waals surface area contributed by atoms with Crippen molar-refractivity contribution in [1.82, 2.24) is 15.0 Å². The van der Waals surface area contributed by atoms with Crippen LogP contribution >= 0.6 is 11.6 Å². The van der Waals surface area contributed by atoms with Crippen molar-refractivity contribution in [3.8, 4) is 33.6 Å². The van der Waals surface area contributed by atoms with Crippen molar-refractivity contribution in [2.45, 2.75) is 6.92 Å². The summed E-state index contributed by atoms with van der Waals surface area (Å²) in [5.41, 5.74) is 5.64. The molecule has 0 amide bonds. The number of aromatic nitrogens is 3. The molecule has 126 valence electrons. The lowest BCUT2D eigenvalue weighted by Gasteiger charge is -2.07. The zero-order valence-corrected chi connectivity index (χ0v) is 15.0. The van der Waals surface area contributed by atoms with Gasteiger partial charge in [0.05, 0.1) is 0 Å². The van der Waals surface area contributed by atoms with Gasteiger partial charge in [0.15, 0.2) is 5.82 Å². The van der Waals surface area contributed by atoms with Gasteiger partial charge < -0.3 is 0 Å². The number of nitrogens with zero attached hydrogens (tertiary/aromatic N) is 3. The number of hydrogen-bond acceptors (Lipinski definition) is 3. The Bertz CT molecular complexity index is 1020. The van der Waals surface area contributed by atoms with Crippen LogP contribution in [0.15, 0.2) is 78.9 Å². The first kappa shape index (κ1) is 16.4. The molecule has 0 saturated heterocycles. The Morgan fingerprint density at radius 2 is 1.15 bits per heavy atom. The first-order valence-electron chi connectivity index (χ1n) is 8.33. The molecule has 4 rings (SSSR count). The fourth-order valence-corrected chi connectivity index (χ4v) is 3.10. The van der Waals surface area contributed by atoms with E-state index in [1.54, 1.807) is 6.92 Å². The third-order valence-corrected chi connectivity index (χ3v) is 4.34. The van der Waals surface area contributed by atoms with E-state index < -0.39 is 0 Å². The van der Waals surface area contributed by atoms with Crippen LogP contribution in [-0.2, 0) is 0 Å². The molecule has 4 aromatic rings. The molecule has 0 aliphatic heterocycles. The molecule has 0 bridgehead atoms. The van der Waals surface area contributed by atoms with E-state index in [9.17, 15) is 0 Å². The summed E-state index contributed by atoms with van der Waals surface area (Å²) in [6.45, 7) is 1.81. The van der Waals surface area contributed by atoms with Crippen LogP contribution in [0.2, 0.25) is 5.28 Å². The van der Waals surface area contributed by atoms with Gasteiger partial charge in [0.1, 0.15) is 5.82 Å². The number of hydrogen-bond donors (Lipinski definition) is 0. The minimum Gasteiger partial charge on any atom is -0.213 e. The average Bonchev–Trinajstić information content (AvgIpc) is 2.68. The predicted octanol–water partition coefficient (Wildman–Crippen LogP) is 5.83. The molecule has 0 atom stereocenters. The molecule has 0 unspecified atom stereocenters. The molecular formula is C22H16ClN3. The quantitative estimate of drug-likeness (QED) is 0.462. The molecule has 0 N–H and O–H groups in total. The molecule has 0 radical (unpaired) electrons. The Hall–Kier alpha value is -3.04. The lowest BCUT2D eigenvalue weighted by molar-refractivity contribution is 0.984. The van der Waals surface area contributed by atoms with Crippen LogP contribution in [0.1, 0.15) is 5.82 Å². The van der Waals surface area contributed by atoms with Crippen molar-refractivity contribution in [1.29, 1.82) is 0 Å². The summed E-state index contributed by atoms with van der Waals surface area (Å²) in [7, 11) is 0. The third-order valence-electron chi connectivity index (χ3n) is 4.17. The van der Waals surface area contributed by atoms with Gasteiger partial charge in [-0.3, -0.25) is 0 Å². The maximum absolute atomic E-state index is 5.94. The van der Waals surface area contributed by atoms with Gasteiger partial charge in [-0.25, -0.2) is 9.97 Å². The fraction of sp³-hybridized carbons (Fsp3) is 0.0455. The second-order valence-electron chi connectivity index (χ2n) is 6.00. The Morgan fingerprint density at radius 1 is 0.577 bits per heavy atom. The van der Waals surface area contributed by atoms with Crippen LogP contribution in [-0.4, -0.2) is 15.0 Å². The van der Waals surface area contributed by atoms with E-state index in [2.05, 4.69) is 75.6 Å². The molecule has 1 heterocycles. The number of aryl methyl sites for hydroxylation is 1. The number of halogens is 1. The predicted molar refractivity (Wildman–Crippen MR) is 106 cm³/mol. The highest BCUT2D eigenvalue weighted by molar-refractivity contribution is 6.28. The minimum absolute atomic E-state index is 0.215. The Labute approximate surface area is 157 Å². The maximum atomic E-state index is 5.94. The van der Waals surface area contributed by atoms with Crippen molar-refractivity contribution in [3.05, 3.63) is 90.0 Å². The Balaban J connectivity index is 1.67. The van der Waals surface area contributed by atoms with Gasteiger partial charge in [-0.1, -0.05) is 72.8 Å². The number of rotatable bonds is 3. The van der Waals surface area contributed by atoms with E-state index in [0.717, 1.165) is 11.1 Å². The van der Waals surface area contributed by atoms with Crippen LogP contribution < -0.4 is 0 Å². The molecule has 1 aromatic heterocycles. The maximum Gasteiger partial charge on any atom is 0.226 e. The van der Waals surface area contributed by atoms with E-state index in [1.807, 2.05) is 18.2 Å². The molecule has 3 aromatic carbocycles. The first-order valence-corrected chi connectivity index (χ1v) is 8.71. The van der Waals surface area contributed by atoms with Crippen molar-refractivity contribution in [2.24, 2.45) is 0 Å². The summed E-state index contributed by atoms with van der Waals surface area (Å²) in [4.78, 5) is 12.6. The summed E-state index contributed by atoms with van der Waals surface area (Å²) >= 11 is 5.94. The molecule has 0 fully saturated rings. The Morgan fingerprint density at radius 3 is 1.81 bits per heavy atom. The van der Waals surface area contributed by atoms with Crippen LogP contribution in [0.5, 0.6) is 0 Å². The molecule has 0 spiro atoms. The summed E-state index contributed by atoms with van der Waals surface area (Å²) in [6, 6.07) is 27.1. The monoisotopic (exact) mass is 357 g/mol. The van der Waals surface area contributed by atoms with E-state index in [1.165, 1.54) is 16.7 Å². The highest BCUT2D eigenvalue weighted by Crippen LogP contribution is 2.28. The Kier molecular flexibility index (Phi) is 4.46. The standard InChI is InChI=1S/C22H16ClN3/c1-15-24-21(26-22(23)25-15)18-12-10-17(11-13-18)20-9-5-8-19(14-20)16-6-3-2-4-7-16/h2-14H,1H3. The van der Waals surface area contributed by atoms with Crippen molar-refractivity contribution in [3.63, 3.8) is 0 Å². The molecule has 0 aliphatic carbocycles. The second-order valence-corrected chi connectivity index (χ2v) is 6.34. The van der Waals surface area contributed by atoms with Crippen LogP contribution in [0, 0.1) is 6.92 Å². The smallest absolute Gasteiger partial charge is 0.213 e. The second kappa shape index (κ2) is 7.06. The fourth-order valence-electron chi connectivity index (χ4n) is 2.90. The van der Waals surface area contributed by atoms with E-state index in [0.29, 0.717) is 11.6 Å². The molecule has 0 aliphatic rings. The summed E-state index contributed by atoms with van der Waals surface area (Å²) in [6.07, 6.45) is 0. The van der Waals surface area contributed by atoms with E-state index in [4.69, 9.17) is 11.6 Å². The van der Waals surface area contributed by atoms with Gasteiger partial charge in [-0.15, -0.1) is 0 Å². The highest BCUT2D eigenvalue weighted by Gasteiger charge is 2.06. The summed E-state index contributed by atoms with van der Waals surface area (Å²) < 4.78 is 0. The first-order chi connectivity index (χ1) is 12.7. The van der Waals surface area contributed by atoms with Crippen molar-refractivity contribution in [2.75, 3.05) is 0 Å². The van der Waals surface area contributed by atoms with Gasteiger partial charge in [0, 0.05) is 5.56 Å². The van der Waals surface area contributed by atoms with Crippen molar-refractivity contribution < 1.29 is 0 Å². The van der Waals surface area contributed by atoms with E-state index >= 15 is 0 Å². The van der Waals surface area contributed by atoms with Gasteiger partial charge >= 0.3 is 0 Å². The van der Waals surface area contributed by atoms with Gasteiger partial charge in [0.25, 0.3) is 0 Å². The summed E-state index contributed by atoms with van der Waals surface area (Å²) in [5, 5.41) is 0.215. The minimum atomic E-state index is 0.215. The van der Waals surface area contributed by atoms with Gasteiger partial charge in [-0.2, -0.15) is 4.98 Å².